The molecule has 2 unspecified atom stereocenters. The summed E-state index contributed by atoms with van der Waals surface area (Å²) in [4.78, 5) is 15.1. The first-order valence-corrected chi connectivity index (χ1v) is 7.92. The highest BCUT2D eigenvalue weighted by atomic mass is 16.5. The minimum absolute atomic E-state index is 0.209. The van der Waals surface area contributed by atoms with E-state index >= 15 is 0 Å². The number of ether oxygens (including phenoxy) is 1. The summed E-state index contributed by atoms with van der Waals surface area (Å²) in [5.41, 5.74) is 3.65. The first-order chi connectivity index (χ1) is 10.0. The van der Waals surface area contributed by atoms with Crippen LogP contribution in [0.1, 0.15) is 29.5 Å². The SMILES string of the molecule is Cc1cc(C)cc(CC(=O)C2CC3COCC(C2)N3C)c1. The number of aryl methyl sites for hydroxylation is 2. The van der Waals surface area contributed by atoms with Crippen LogP contribution in [0.4, 0.5) is 0 Å². The van der Waals surface area contributed by atoms with Crippen molar-refractivity contribution in [2.24, 2.45) is 5.92 Å². The molecule has 2 heterocycles. The van der Waals surface area contributed by atoms with Crippen LogP contribution in [-0.2, 0) is 16.0 Å². The molecule has 2 bridgehead atoms. The van der Waals surface area contributed by atoms with Crippen LogP contribution >= 0.6 is 0 Å². The van der Waals surface area contributed by atoms with E-state index in [1.165, 1.54) is 11.1 Å². The van der Waals surface area contributed by atoms with Gasteiger partial charge in [0.2, 0.25) is 0 Å². The van der Waals surface area contributed by atoms with Gasteiger partial charge in [0.25, 0.3) is 0 Å². The monoisotopic (exact) mass is 287 g/mol. The lowest BCUT2D eigenvalue weighted by Gasteiger charge is -2.46. The van der Waals surface area contributed by atoms with Crippen molar-refractivity contribution in [3.63, 3.8) is 0 Å². The van der Waals surface area contributed by atoms with E-state index < -0.39 is 0 Å². The zero-order valence-corrected chi connectivity index (χ0v) is 13.3. The average Bonchev–Trinajstić information content (AvgIpc) is 2.36. The predicted molar refractivity (Wildman–Crippen MR) is 83.5 cm³/mol. The molecule has 2 aliphatic rings. The lowest BCUT2D eigenvalue weighted by molar-refractivity contribution is -0.130. The van der Waals surface area contributed by atoms with Crippen molar-refractivity contribution in [2.75, 3.05) is 20.3 Å². The van der Waals surface area contributed by atoms with E-state index in [1.54, 1.807) is 0 Å². The molecule has 0 aliphatic carbocycles. The molecule has 0 spiro atoms. The molecular formula is C18H25NO2. The number of nitrogens with zero attached hydrogens (tertiary/aromatic N) is 1. The Morgan fingerprint density at radius 3 is 2.29 bits per heavy atom. The smallest absolute Gasteiger partial charge is 0.140 e. The topological polar surface area (TPSA) is 29.5 Å². The molecule has 1 aromatic rings. The normalized spacial score (nSPS) is 29.4. The molecule has 0 amide bonds. The van der Waals surface area contributed by atoms with Gasteiger partial charge in [0.15, 0.2) is 0 Å². The van der Waals surface area contributed by atoms with Gasteiger partial charge in [-0.15, -0.1) is 0 Å². The predicted octanol–water partition coefficient (Wildman–Crippen LogP) is 2.52. The second-order valence-corrected chi connectivity index (χ2v) is 6.82. The summed E-state index contributed by atoms with van der Waals surface area (Å²) in [6.07, 6.45) is 2.49. The standard InChI is InChI=1S/C18H25NO2/c1-12-4-13(2)6-14(5-12)7-18(20)15-8-16-10-21-11-17(9-15)19(16)3/h4-6,15-17H,7-11H2,1-3H3. The van der Waals surface area contributed by atoms with Crippen molar-refractivity contribution in [2.45, 2.75) is 45.2 Å². The summed E-state index contributed by atoms with van der Waals surface area (Å²) in [6, 6.07) is 7.29. The van der Waals surface area contributed by atoms with Gasteiger partial charge >= 0.3 is 0 Å². The number of hydrogen-bond acceptors (Lipinski definition) is 3. The molecule has 2 atom stereocenters. The summed E-state index contributed by atoms with van der Waals surface area (Å²) in [5.74, 6) is 0.617. The Morgan fingerprint density at radius 1 is 1.14 bits per heavy atom. The van der Waals surface area contributed by atoms with Crippen LogP contribution in [0.25, 0.3) is 0 Å². The third-order valence-electron chi connectivity index (χ3n) is 5.00. The van der Waals surface area contributed by atoms with E-state index in [1.807, 2.05) is 0 Å². The highest BCUT2D eigenvalue weighted by Crippen LogP contribution is 2.31. The minimum Gasteiger partial charge on any atom is -0.378 e. The molecule has 2 saturated heterocycles. The number of morpholine rings is 1. The Bertz CT molecular complexity index is 506. The van der Waals surface area contributed by atoms with Crippen molar-refractivity contribution < 1.29 is 9.53 Å². The molecule has 1 aromatic carbocycles. The van der Waals surface area contributed by atoms with Crippen LogP contribution in [0.2, 0.25) is 0 Å². The Hall–Kier alpha value is -1.19. The highest BCUT2D eigenvalue weighted by molar-refractivity contribution is 5.83. The van der Waals surface area contributed by atoms with Crippen molar-refractivity contribution in [1.82, 2.24) is 4.90 Å². The van der Waals surface area contributed by atoms with Crippen molar-refractivity contribution in [3.8, 4) is 0 Å². The molecule has 21 heavy (non-hydrogen) atoms. The quantitative estimate of drug-likeness (QED) is 0.855. The molecule has 0 N–H and O–H groups in total. The fourth-order valence-corrected chi connectivity index (χ4v) is 3.87. The van der Waals surface area contributed by atoms with E-state index in [2.05, 4.69) is 44.0 Å². The van der Waals surface area contributed by atoms with Gasteiger partial charge in [-0.2, -0.15) is 0 Å². The van der Waals surface area contributed by atoms with Gasteiger partial charge in [0.1, 0.15) is 5.78 Å². The maximum absolute atomic E-state index is 12.7. The maximum atomic E-state index is 12.7. The molecule has 114 valence electrons. The summed E-state index contributed by atoms with van der Waals surface area (Å²) < 4.78 is 5.63. The van der Waals surface area contributed by atoms with Crippen molar-refractivity contribution in [1.29, 1.82) is 0 Å². The van der Waals surface area contributed by atoms with Crippen LogP contribution in [0, 0.1) is 19.8 Å². The van der Waals surface area contributed by atoms with Gasteiger partial charge in [-0.25, -0.2) is 0 Å². The Labute approximate surface area is 127 Å². The molecule has 3 heteroatoms. The van der Waals surface area contributed by atoms with Crippen LogP contribution in [0.5, 0.6) is 0 Å². The fourth-order valence-electron chi connectivity index (χ4n) is 3.87. The minimum atomic E-state index is 0.209. The van der Waals surface area contributed by atoms with E-state index in [-0.39, 0.29) is 5.92 Å². The highest BCUT2D eigenvalue weighted by Gasteiger charge is 2.39. The largest absolute Gasteiger partial charge is 0.378 e. The number of carbonyl (C=O) groups is 1. The number of benzene rings is 1. The molecule has 0 saturated carbocycles. The lowest BCUT2D eigenvalue weighted by atomic mass is 9.81. The van der Waals surface area contributed by atoms with Gasteiger partial charge in [-0.3, -0.25) is 9.69 Å². The molecule has 2 fully saturated rings. The van der Waals surface area contributed by atoms with E-state index in [0.29, 0.717) is 24.3 Å². The van der Waals surface area contributed by atoms with E-state index in [0.717, 1.165) is 31.6 Å². The first-order valence-electron chi connectivity index (χ1n) is 7.92. The van der Waals surface area contributed by atoms with Crippen LogP contribution in [0.15, 0.2) is 18.2 Å². The van der Waals surface area contributed by atoms with Crippen molar-refractivity contribution in [3.05, 3.63) is 34.9 Å². The Morgan fingerprint density at radius 2 is 1.71 bits per heavy atom. The number of rotatable bonds is 3. The van der Waals surface area contributed by atoms with E-state index in [9.17, 15) is 4.79 Å². The number of Topliss-reactive ketones (excluding diaryl/α,β-unsaturated/α-hetero) is 1. The number of likely N-dealkylation sites (N-methyl/N-ethyl adjacent to an activating group) is 1. The summed E-state index contributed by atoms with van der Waals surface area (Å²) >= 11 is 0. The molecule has 2 aliphatic heterocycles. The average molecular weight is 287 g/mol. The molecular weight excluding hydrogens is 262 g/mol. The Balaban J connectivity index is 1.68. The van der Waals surface area contributed by atoms with Gasteiger partial charge in [-0.05, 0) is 39.3 Å². The third-order valence-corrected chi connectivity index (χ3v) is 5.00. The Kier molecular flexibility index (Phi) is 4.14. The van der Waals surface area contributed by atoms with Crippen LogP contribution in [-0.4, -0.2) is 43.0 Å². The lowest BCUT2D eigenvalue weighted by Crippen LogP contribution is -2.55. The summed E-state index contributed by atoms with van der Waals surface area (Å²) in [7, 11) is 2.17. The summed E-state index contributed by atoms with van der Waals surface area (Å²) in [5, 5.41) is 0. The van der Waals surface area contributed by atoms with Gasteiger partial charge in [0.05, 0.1) is 13.2 Å². The van der Waals surface area contributed by atoms with Gasteiger partial charge < -0.3 is 4.74 Å². The fraction of sp³-hybridized carbons (Fsp3) is 0.611. The molecule has 0 aromatic heterocycles. The van der Waals surface area contributed by atoms with Gasteiger partial charge in [-0.1, -0.05) is 29.3 Å². The first kappa shape index (κ1) is 14.7. The van der Waals surface area contributed by atoms with Crippen molar-refractivity contribution >= 4 is 5.78 Å². The number of ketones is 1. The van der Waals surface area contributed by atoms with Crippen LogP contribution in [0.3, 0.4) is 0 Å². The third kappa shape index (κ3) is 3.19. The van der Waals surface area contributed by atoms with Crippen LogP contribution < -0.4 is 0 Å². The van der Waals surface area contributed by atoms with E-state index in [4.69, 9.17) is 4.74 Å². The number of piperidine rings is 1. The number of carbonyl (C=O) groups excluding carboxylic acids is 1. The molecule has 3 nitrogen and oxygen atoms in total. The number of fused-ring (bicyclic) bond motifs is 2. The second kappa shape index (κ2) is 5.90. The summed E-state index contributed by atoms with van der Waals surface area (Å²) in [6.45, 7) is 5.75. The van der Waals surface area contributed by atoms with Gasteiger partial charge in [0, 0.05) is 24.4 Å². The zero-order chi connectivity index (χ0) is 15.0. The molecule has 0 radical (unpaired) electrons. The maximum Gasteiger partial charge on any atom is 0.140 e. The second-order valence-electron chi connectivity index (χ2n) is 6.82. The number of hydrogen-bond donors (Lipinski definition) is 0. The zero-order valence-electron chi connectivity index (χ0n) is 13.3. The molecule has 3 rings (SSSR count).